The normalized spacial score (nSPS) is 22.9. The van der Waals surface area contributed by atoms with E-state index >= 15 is 0 Å². The highest BCUT2D eigenvalue weighted by molar-refractivity contribution is 5.93. The van der Waals surface area contributed by atoms with Crippen molar-refractivity contribution in [3.63, 3.8) is 0 Å². The van der Waals surface area contributed by atoms with Gasteiger partial charge in [-0.15, -0.1) is 0 Å². The van der Waals surface area contributed by atoms with Gasteiger partial charge in [0, 0.05) is 67.5 Å². The summed E-state index contributed by atoms with van der Waals surface area (Å²) < 4.78 is 49.3. The lowest BCUT2D eigenvalue weighted by Crippen LogP contribution is -2.31. The zero-order valence-corrected chi connectivity index (χ0v) is 19.4. The number of ether oxygens (including phenoxy) is 8. The Kier molecular flexibility index (Phi) is 3.31. The first-order valence-electron chi connectivity index (χ1n) is 10.7. The van der Waals surface area contributed by atoms with Crippen molar-refractivity contribution in [1.82, 2.24) is 0 Å². The van der Waals surface area contributed by atoms with E-state index in [4.69, 9.17) is 37.9 Å². The fourth-order valence-corrected chi connectivity index (χ4v) is 4.49. The zero-order chi connectivity index (χ0) is 22.8. The van der Waals surface area contributed by atoms with Crippen LogP contribution in [0.5, 0.6) is 46.0 Å². The van der Waals surface area contributed by atoms with Crippen LogP contribution >= 0.6 is 0 Å². The van der Waals surface area contributed by atoms with Crippen molar-refractivity contribution in [3.8, 4) is 57.1 Å². The molecular formula is C24H26O8. The van der Waals surface area contributed by atoms with E-state index in [1.807, 2.05) is 55.4 Å². The Morgan fingerprint density at radius 2 is 0.594 bits per heavy atom. The van der Waals surface area contributed by atoms with Gasteiger partial charge in [0.1, 0.15) is 0 Å². The maximum absolute atomic E-state index is 6.25. The Morgan fingerprint density at radius 1 is 0.375 bits per heavy atom. The summed E-state index contributed by atoms with van der Waals surface area (Å²) in [4.78, 5) is 0. The maximum atomic E-state index is 6.25. The highest BCUT2D eigenvalue weighted by atomic mass is 16.8. The lowest BCUT2D eigenvalue weighted by Gasteiger charge is -2.21. The van der Waals surface area contributed by atoms with Gasteiger partial charge in [-0.25, -0.2) is 0 Å². The molecular weight excluding hydrogens is 416 g/mol. The molecule has 0 amide bonds. The highest BCUT2D eigenvalue weighted by Crippen LogP contribution is 2.65. The monoisotopic (exact) mass is 442 g/mol. The minimum Gasteiger partial charge on any atom is -0.449 e. The summed E-state index contributed by atoms with van der Waals surface area (Å²) >= 11 is 0. The third kappa shape index (κ3) is 2.74. The number of benzene rings is 2. The molecule has 8 nitrogen and oxygen atoms in total. The molecule has 0 fully saturated rings. The fourth-order valence-electron chi connectivity index (χ4n) is 4.49. The number of rotatable bonds is 1. The molecule has 170 valence electrons. The smallest absolute Gasteiger partial charge is 0.246 e. The lowest BCUT2D eigenvalue weighted by atomic mass is 9.99. The first-order chi connectivity index (χ1) is 14.7. The third-order valence-corrected chi connectivity index (χ3v) is 5.39. The van der Waals surface area contributed by atoms with Crippen LogP contribution in [0.3, 0.4) is 0 Å². The fraction of sp³-hybridized carbons (Fsp3) is 0.500. The summed E-state index contributed by atoms with van der Waals surface area (Å²) in [6.45, 7) is 14.8. The second kappa shape index (κ2) is 5.42. The summed E-state index contributed by atoms with van der Waals surface area (Å²) in [6, 6.07) is 3.59. The van der Waals surface area contributed by atoms with E-state index in [9.17, 15) is 0 Å². The molecule has 0 unspecified atom stereocenters. The Morgan fingerprint density at radius 3 is 0.812 bits per heavy atom. The van der Waals surface area contributed by atoms with Crippen molar-refractivity contribution in [2.75, 3.05) is 0 Å². The molecule has 6 rings (SSSR count). The molecule has 2 aromatic carbocycles. The van der Waals surface area contributed by atoms with Crippen LogP contribution in [0.25, 0.3) is 11.1 Å². The molecule has 0 saturated carbocycles. The summed E-state index contributed by atoms with van der Waals surface area (Å²) in [7, 11) is 0. The molecule has 4 aliphatic rings. The van der Waals surface area contributed by atoms with Crippen molar-refractivity contribution < 1.29 is 37.9 Å². The largest absolute Gasteiger partial charge is 0.449 e. The van der Waals surface area contributed by atoms with E-state index in [0.29, 0.717) is 57.1 Å². The molecule has 0 aliphatic carbocycles. The third-order valence-electron chi connectivity index (χ3n) is 5.39. The Balaban J connectivity index is 1.68. The quantitative estimate of drug-likeness (QED) is 0.583. The number of fused-ring (bicyclic) bond motifs is 4. The average molecular weight is 442 g/mol. The van der Waals surface area contributed by atoms with Crippen molar-refractivity contribution in [3.05, 3.63) is 12.1 Å². The molecule has 32 heavy (non-hydrogen) atoms. The van der Waals surface area contributed by atoms with Crippen molar-refractivity contribution in [2.24, 2.45) is 0 Å². The summed E-state index contributed by atoms with van der Waals surface area (Å²) in [6.07, 6.45) is 0. The van der Waals surface area contributed by atoms with Crippen LogP contribution in [-0.4, -0.2) is 23.1 Å². The SMILES string of the molecule is CC1(C)Oc2cc3c(c(-c4c5c(cc6c4OC(C)(C)O6)OC(C)(C)O5)c2O1)OC(C)(C)O3. The van der Waals surface area contributed by atoms with Crippen LogP contribution in [0.2, 0.25) is 0 Å². The predicted molar refractivity (Wildman–Crippen MR) is 113 cm³/mol. The number of hydrogen-bond donors (Lipinski definition) is 0. The van der Waals surface area contributed by atoms with Crippen LogP contribution in [0, 0.1) is 0 Å². The van der Waals surface area contributed by atoms with E-state index < -0.39 is 23.1 Å². The van der Waals surface area contributed by atoms with Crippen LogP contribution in [0.15, 0.2) is 12.1 Å². The van der Waals surface area contributed by atoms with Crippen molar-refractivity contribution in [2.45, 2.75) is 78.5 Å². The van der Waals surface area contributed by atoms with Crippen LogP contribution in [0.1, 0.15) is 55.4 Å². The average Bonchev–Trinajstić information content (AvgIpc) is 3.27. The molecule has 0 N–H and O–H groups in total. The minimum atomic E-state index is -0.865. The lowest BCUT2D eigenvalue weighted by molar-refractivity contribution is -0.0502. The van der Waals surface area contributed by atoms with E-state index in [1.54, 1.807) is 12.1 Å². The zero-order valence-electron chi connectivity index (χ0n) is 19.4. The molecule has 2 aromatic rings. The molecule has 8 heteroatoms. The van der Waals surface area contributed by atoms with Crippen molar-refractivity contribution >= 4 is 0 Å². The van der Waals surface area contributed by atoms with Crippen LogP contribution in [-0.2, 0) is 0 Å². The van der Waals surface area contributed by atoms with E-state index in [1.165, 1.54) is 0 Å². The second-order valence-corrected chi connectivity index (χ2v) is 10.2. The van der Waals surface area contributed by atoms with Gasteiger partial charge in [-0.3, -0.25) is 0 Å². The standard InChI is InChI=1S/C24H26O8/c1-21(2)25-11-9-12-18(30-22(3,4)26-12)15(17(11)29-21)16-19-13(27-23(5,6)31-19)10-14-20(16)32-24(7,8)28-14/h9-10H,1-8H3. The predicted octanol–water partition coefficient (Wildman–Crippen LogP) is 5.38. The van der Waals surface area contributed by atoms with E-state index in [-0.39, 0.29) is 0 Å². The number of hydrogen-bond acceptors (Lipinski definition) is 8. The summed E-state index contributed by atoms with van der Waals surface area (Å²) in [5.74, 6) is 0.818. The first-order valence-corrected chi connectivity index (χ1v) is 10.7. The Hall–Kier alpha value is -3.16. The topological polar surface area (TPSA) is 73.8 Å². The molecule has 4 aliphatic heterocycles. The molecule has 0 bridgehead atoms. The van der Waals surface area contributed by atoms with Gasteiger partial charge in [0.2, 0.25) is 23.1 Å². The van der Waals surface area contributed by atoms with Gasteiger partial charge in [0.15, 0.2) is 46.0 Å². The van der Waals surface area contributed by atoms with Gasteiger partial charge in [-0.2, -0.15) is 0 Å². The first kappa shape index (κ1) is 19.5. The van der Waals surface area contributed by atoms with Gasteiger partial charge in [-0.05, 0) is 0 Å². The molecule has 0 saturated heterocycles. The Bertz CT molecular complexity index is 1010. The minimum absolute atomic E-state index is 0.521. The summed E-state index contributed by atoms with van der Waals surface area (Å²) in [5.41, 5.74) is 1.23. The van der Waals surface area contributed by atoms with E-state index in [0.717, 1.165) is 0 Å². The van der Waals surface area contributed by atoms with Crippen molar-refractivity contribution in [1.29, 1.82) is 0 Å². The second-order valence-electron chi connectivity index (χ2n) is 10.2. The highest BCUT2D eigenvalue weighted by Gasteiger charge is 2.48. The maximum Gasteiger partial charge on any atom is 0.246 e. The van der Waals surface area contributed by atoms with Crippen LogP contribution in [0.4, 0.5) is 0 Å². The molecule has 0 radical (unpaired) electrons. The van der Waals surface area contributed by atoms with Gasteiger partial charge in [0.25, 0.3) is 0 Å². The summed E-state index contributed by atoms with van der Waals surface area (Å²) in [5, 5.41) is 0. The molecule has 0 aromatic heterocycles. The van der Waals surface area contributed by atoms with E-state index in [2.05, 4.69) is 0 Å². The van der Waals surface area contributed by atoms with Gasteiger partial charge in [-0.1, -0.05) is 0 Å². The molecule has 4 heterocycles. The van der Waals surface area contributed by atoms with Gasteiger partial charge < -0.3 is 37.9 Å². The van der Waals surface area contributed by atoms with Gasteiger partial charge >= 0.3 is 0 Å². The molecule has 0 spiro atoms. The van der Waals surface area contributed by atoms with Crippen LogP contribution < -0.4 is 37.9 Å². The van der Waals surface area contributed by atoms with Gasteiger partial charge in [0.05, 0.1) is 11.1 Å². The Labute approximate surface area is 186 Å². The molecule has 0 atom stereocenters.